The molecule has 1 heterocycles. The molecule has 0 spiro atoms. The maximum atomic E-state index is 12.0. The molecule has 0 unspecified atom stereocenters. The van der Waals surface area contributed by atoms with Crippen LogP contribution < -0.4 is 0 Å². The molecule has 0 aliphatic heterocycles. The van der Waals surface area contributed by atoms with Gasteiger partial charge >= 0.3 is 5.97 Å². The summed E-state index contributed by atoms with van der Waals surface area (Å²) in [5.74, 6) is -0.454. The first-order chi connectivity index (χ1) is 8.62. The lowest BCUT2D eigenvalue weighted by Gasteiger charge is -2.08. The Labute approximate surface area is 107 Å². The van der Waals surface area contributed by atoms with Crippen LogP contribution in [0, 0.1) is 6.92 Å². The van der Waals surface area contributed by atoms with Gasteiger partial charge in [-0.3, -0.25) is 4.79 Å². The zero-order valence-electron chi connectivity index (χ0n) is 11.2. The molecule has 0 aliphatic rings. The van der Waals surface area contributed by atoms with E-state index in [4.69, 9.17) is 4.74 Å². The molecule has 0 N–H and O–H groups in total. The van der Waals surface area contributed by atoms with Crippen LogP contribution in [0.4, 0.5) is 0 Å². The van der Waals surface area contributed by atoms with Crippen LogP contribution in [0.25, 0.3) is 0 Å². The van der Waals surface area contributed by atoms with Crippen molar-refractivity contribution in [2.75, 3.05) is 6.61 Å². The molecular weight excluding hydrogens is 230 g/mol. The highest BCUT2D eigenvalue weighted by Crippen LogP contribution is 2.23. The Morgan fingerprint density at radius 2 is 2.11 bits per heavy atom. The predicted molar refractivity (Wildman–Crippen MR) is 70.1 cm³/mol. The second kappa shape index (κ2) is 6.19. The van der Waals surface area contributed by atoms with E-state index in [1.807, 2.05) is 13.8 Å². The number of ether oxygens (including phenoxy) is 1. The SMILES string of the molecule is C=CCn1c(C)c(CC)c(C=O)c1C(=O)OCC. The largest absolute Gasteiger partial charge is 0.461 e. The van der Waals surface area contributed by atoms with Gasteiger partial charge in [0.05, 0.1) is 12.2 Å². The van der Waals surface area contributed by atoms with Crippen LogP contribution in [-0.4, -0.2) is 23.4 Å². The molecule has 18 heavy (non-hydrogen) atoms. The van der Waals surface area contributed by atoms with Crippen LogP contribution in [0.15, 0.2) is 12.7 Å². The monoisotopic (exact) mass is 249 g/mol. The molecule has 0 saturated heterocycles. The van der Waals surface area contributed by atoms with E-state index in [1.165, 1.54) is 0 Å². The number of carbonyl (C=O) groups excluding carboxylic acids is 2. The van der Waals surface area contributed by atoms with Gasteiger partial charge in [0.1, 0.15) is 5.69 Å². The van der Waals surface area contributed by atoms with Gasteiger partial charge in [-0.1, -0.05) is 13.0 Å². The number of aromatic nitrogens is 1. The molecule has 4 heteroatoms. The normalized spacial score (nSPS) is 10.2. The average molecular weight is 249 g/mol. The van der Waals surface area contributed by atoms with Crippen molar-refractivity contribution in [2.24, 2.45) is 0 Å². The van der Waals surface area contributed by atoms with Gasteiger partial charge in [-0.05, 0) is 25.8 Å². The number of hydrogen-bond donors (Lipinski definition) is 0. The van der Waals surface area contributed by atoms with E-state index in [0.717, 1.165) is 17.5 Å². The van der Waals surface area contributed by atoms with Gasteiger partial charge in [0, 0.05) is 12.2 Å². The minimum absolute atomic E-state index is 0.289. The Balaban J connectivity index is 3.47. The van der Waals surface area contributed by atoms with Crippen molar-refractivity contribution in [1.29, 1.82) is 0 Å². The third-order valence-corrected chi connectivity index (χ3v) is 2.94. The molecule has 0 saturated carbocycles. The Bertz CT molecular complexity index is 472. The first kappa shape index (κ1) is 14.2. The summed E-state index contributed by atoms with van der Waals surface area (Å²) >= 11 is 0. The molecule has 0 amide bonds. The van der Waals surface area contributed by atoms with Crippen LogP contribution >= 0.6 is 0 Å². The van der Waals surface area contributed by atoms with Gasteiger partial charge in [-0.15, -0.1) is 6.58 Å². The molecule has 4 nitrogen and oxygen atoms in total. The number of rotatable bonds is 6. The zero-order chi connectivity index (χ0) is 13.7. The number of hydrogen-bond acceptors (Lipinski definition) is 3. The third kappa shape index (κ3) is 2.37. The van der Waals surface area contributed by atoms with Crippen LogP contribution in [0.3, 0.4) is 0 Å². The summed E-state index contributed by atoms with van der Waals surface area (Å²) in [7, 11) is 0. The smallest absolute Gasteiger partial charge is 0.355 e. The summed E-state index contributed by atoms with van der Waals surface area (Å²) in [6.45, 7) is 10.1. The summed E-state index contributed by atoms with van der Waals surface area (Å²) in [5, 5.41) is 0. The van der Waals surface area contributed by atoms with Crippen molar-refractivity contribution in [3.63, 3.8) is 0 Å². The number of carbonyl (C=O) groups is 2. The second-order valence-corrected chi connectivity index (χ2v) is 3.92. The molecule has 0 bridgehead atoms. The minimum atomic E-state index is -0.454. The van der Waals surface area contributed by atoms with E-state index in [2.05, 4.69) is 6.58 Å². The maximum Gasteiger partial charge on any atom is 0.355 e. The van der Waals surface area contributed by atoms with Crippen molar-refractivity contribution in [2.45, 2.75) is 33.7 Å². The molecule has 98 valence electrons. The summed E-state index contributed by atoms with van der Waals surface area (Å²) in [4.78, 5) is 23.2. The van der Waals surface area contributed by atoms with Crippen LogP contribution in [-0.2, 0) is 17.7 Å². The molecule has 0 atom stereocenters. The molecule has 0 radical (unpaired) electrons. The quantitative estimate of drug-likeness (QED) is 0.442. The zero-order valence-corrected chi connectivity index (χ0v) is 11.2. The van der Waals surface area contributed by atoms with Gasteiger partial charge in [0.15, 0.2) is 6.29 Å². The van der Waals surface area contributed by atoms with Crippen LogP contribution in [0.2, 0.25) is 0 Å². The topological polar surface area (TPSA) is 48.3 Å². The Morgan fingerprint density at radius 1 is 1.44 bits per heavy atom. The summed E-state index contributed by atoms with van der Waals surface area (Å²) in [6, 6.07) is 0. The average Bonchev–Trinajstić information content (AvgIpc) is 2.62. The van der Waals surface area contributed by atoms with Crippen molar-refractivity contribution in [3.8, 4) is 0 Å². The number of aldehydes is 1. The Morgan fingerprint density at radius 3 is 2.56 bits per heavy atom. The molecule has 0 aromatic carbocycles. The minimum Gasteiger partial charge on any atom is -0.461 e. The lowest BCUT2D eigenvalue weighted by molar-refractivity contribution is 0.0512. The van der Waals surface area contributed by atoms with Crippen LogP contribution in [0.1, 0.15) is 46.0 Å². The Kier molecular flexibility index (Phi) is 4.89. The standard InChI is InChI=1S/C14H19NO3/c1-5-8-15-10(4)11(6-2)12(9-16)13(15)14(17)18-7-3/h5,9H,1,6-8H2,2-4H3. The highest BCUT2D eigenvalue weighted by Gasteiger charge is 2.24. The Hall–Kier alpha value is -1.84. The summed E-state index contributed by atoms with van der Waals surface area (Å²) < 4.78 is 6.80. The lowest BCUT2D eigenvalue weighted by atomic mass is 10.1. The lowest BCUT2D eigenvalue weighted by Crippen LogP contribution is -2.14. The highest BCUT2D eigenvalue weighted by molar-refractivity contribution is 5.98. The first-order valence-electron chi connectivity index (χ1n) is 6.07. The van der Waals surface area contributed by atoms with Crippen molar-refractivity contribution < 1.29 is 14.3 Å². The van der Waals surface area contributed by atoms with Crippen molar-refractivity contribution >= 4 is 12.3 Å². The number of allylic oxidation sites excluding steroid dienone is 1. The fourth-order valence-corrected chi connectivity index (χ4v) is 2.16. The summed E-state index contributed by atoms with van der Waals surface area (Å²) in [5.41, 5.74) is 2.59. The van der Waals surface area contributed by atoms with Gasteiger partial charge in [0.25, 0.3) is 0 Å². The molecule has 1 rings (SSSR count). The fraction of sp³-hybridized carbons (Fsp3) is 0.429. The van der Waals surface area contributed by atoms with E-state index >= 15 is 0 Å². The second-order valence-electron chi connectivity index (χ2n) is 3.92. The summed E-state index contributed by atoms with van der Waals surface area (Å²) in [6.07, 6.45) is 3.14. The number of esters is 1. The highest BCUT2D eigenvalue weighted by atomic mass is 16.5. The van der Waals surface area contributed by atoms with Gasteiger partial charge in [-0.2, -0.15) is 0 Å². The maximum absolute atomic E-state index is 12.0. The van der Waals surface area contributed by atoms with Gasteiger partial charge < -0.3 is 9.30 Å². The van der Waals surface area contributed by atoms with Gasteiger partial charge in [0.2, 0.25) is 0 Å². The molecule has 0 fully saturated rings. The molecule has 1 aromatic heterocycles. The molecule has 1 aromatic rings. The van der Waals surface area contributed by atoms with Gasteiger partial charge in [-0.25, -0.2) is 4.79 Å². The van der Waals surface area contributed by atoms with E-state index in [9.17, 15) is 9.59 Å². The van der Waals surface area contributed by atoms with Crippen molar-refractivity contribution in [3.05, 3.63) is 35.2 Å². The predicted octanol–water partition coefficient (Wildman–Crippen LogP) is 2.53. The third-order valence-electron chi connectivity index (χ3n) is 2.94. The number of nitrogens with zero attached hydrogens (tertiary/aromatic N) is 1. The van der Waals surface area contributed by atoms with E-state index < -0.39 is 5.97 Å². The van der Waals surface area contributed by atoms with Crippen LogP contribution in [0.5, 0.6) is 0 Å². The van der Waals surface area contributed by atoms with E-state index in [0.29, 0.717) is 24.2 Å². The molecular formula is C14H19NO3. The molecule has 0 aliphatic carbocycles. The fourth-order valence-electron chi connectivity index (χ4n) is 2.16. The first-order valence-corrected chi connectivity index (χ1v) is 6.07. The van der Waals surface area contributed by atoms with Crippen molar-refractivity contribution in [1.82, 2.24) is 4.57 Å². The van der Waals surface area contributed by atoms with E-state index in [1.54, 1.807) is 17.6 Å². The van der Waals surface area contributed by atoms with E-state index in [-0.39, 0.29) is 6.61 Å².